The Morgan fingerprint density at radius 2 is 2.07 bits per heavy atom. The molecule has 9 nitrogen and oxygen atoms in total. The molecule has 0 spiro atoms. The van der Waals surface area contributed by atoms with E-state index < -0.39 is 12.3 Å². The van der Waals surface area contributed by atoms with Crippen molar-refractivity contribution >= 4 is 22.8 Å². The quantitative estimate of drug-likeness (QED) is 0.655. The molecule has 1 amide bonds. The summed E-state index contributed by atoms with van der Waals surface area (Å²) in [7, 11) is 0. The number of anilines is 1. The van der Waals surface area contributed by atoms with Gasteiger partial charge in [-0.05, 0) is 12.1 Å². The van der Waals surface area contributed by atoms with Crippen molar-refractivity contribution in [3.05, 3.63) is 54.0 Å². The summed E-state index contributed by atoms with van der Waals surface area (Å²) < 4.78 is 13.1. The normalized spacial score (nSPS) is 25.3. The number of benzene rings is 1. The van der Waals surface area contributed by atoms with Crippen molar-refractivity contribution in [3.8, 4) is 6.07 Å². The van der Waals surface area contributed by atoms with Gasteiger partial charge in [-0.2, -0.15) is 5.26 Å². The van der Waals surface area contributed by atoms with E-state index in [2.05, 4.69) is 21.4 Å². The molecule has 9 heteroatoms. The lowest BCUT2D eigenvalue weighted by molar-refractivity contribution is -0.0821. The van der Waals surface area contributed by atoms with Gasteiger partial charge in [-0.3, -0.25) is 4.79 Å². The van der Waals surface area contributed by atoms with E-state index in [9.17, 15) is 15.2 Å². The van der Waals surface area contributed by atoms with Crippen LogP contribution in [0.4, 0.5) is 5.82 Å². The van der Waals surface area contributed by atoms with Gasteiger partial charge >= 0.3 is 0 Å². The SMILES string of the molecule is N#Cc1cn([C@H]2O[C@@H](CO)[C@@H]3O[C@@H]32)c2ncnc(NC(=O)c3ccccc3)c12. The molecular formula is C19H15N5O4. The fourth-order valence-corrected chi connectivity index (χ4v) is 3.60. The largest absolute Gasteiger partial charge is 0.394 e. The highest BCUT2D eigenvalue weighted by atomic mass is 16.7. The van der Waals surface area contributed by atoms with Crippen molar-refractivity contribution < 1.29 is 19.4 Å². The first-order chi connectivity index (χ1) is 13.7. The molecule has 2 fully saturated rings. The number of aliphatic hydroxyl groups is 1. The number of carbonyl (C=O) groups excluding carboxylic acids is 1. The molecule has 2 aliphatic heterocycles. The molecule has 0 unspecified atom stereocenters. The van der Waals surface area contributed by atoms with Crippen molar-refractivity contribution in [2.75, 3.05) is 11.9 Å². The summed E-state index contributed by atoms with van der Waals surface area (Å²) in [6, 6.07) is 10.9. The third-order valence-electron chi connectivity index (χ3n) is 4.97. The molecule has 2 saturated heterocycles. The van der Waals surface area contributed by atoms with E-state index in [0.717, 1.165) is 0 Å². The highest BCUT2D eigenvalue weighted by Crippen LogP contribution is 2.46. The van der Waals surface area contributed by atoms with Crippen LogP contribution in [0.25, 0.3) is 11.0 Å². The molecule has 140 valence electrons. The minimum absolute atomic E-state index is 0.144. The smallest absolute Gasteiger partial charge is 0.256 e. The second kappa shape index (κ2) is 6.38. The van der Waals surface area contributed by atoms with Crippen molar-refractivity contribution in [1.82, 2.24) is 14.5 Å². The standard InChI is InChI=1S/C19H15N5O4/c20-6-11-7-24(19-15-14(28-15)12(8-25)27-19)17-13(11)16(21-9-22-17)23-18(26)10-4-2-1-3-5-10/h1-5,7,9,12,14-15,19,25H,8H2,(H,21,22,23,26)/t12-,14-,15-,19-/m0/s1. The molecule has 2 aromatic heterocycles. The maximum atomic E-state index is 12.5. The number of rotatable bonds is 4. The number of ether oxygens (including phenoxy) is 2. The van der Waals surface area contributed by atoms with Crippen molar-refractivity contribution in [1.29, 1.82) is 5.26 Å². The zero-order valence-electron chi connectivity index (χ0n) is 14.5. The number of aromatic nitrogens is 3. The molecule has 2 N–H and O–H groups in total. The summed E-state index contributed by atoms with van der Waals surface area (Å²) in [4.78, 5) is 21.0. The van der Waals surface area contributed by atoms with E-state index in [1.54, 1.807) is 35.0 Å². The molecule has 0 saturated carbocycles. The maximum absolute atomic E-state index is 12.5. The van der Waals surface area contributed by atoms with Gasteiger partial charge in [0.05, 0.1) is 17.6 Å². The van der Waals surface area contributed by atoms with Gasteiger partial charge in [-0.25, -0.2) is 9.97 Å². The summed E-state index contributed by atoms with van der Waals surface area (Å²) in [5.74, 6) is -0.0839. The Morgan fingerprint density at radius 3 is 2.79 bits per heavy atom. The summed E-state index contributed by atoms with van der Waals surface area (Å²) in [6.45, 7) is -0.144. The van der Waals surface area contributed by atoms with E-state index in [0.29, 0.717) is 22.2 Å². The van der Waals surface area contributed by atoms with Crippen LogP contribution in [0.1, 0.15) is 22.1 Å². The van der Waals surface area contributed by atoms with E-state index >= 15 is 0 Å². The number of carbonyl (C=O) groups is 1. The molecule has 4 heterocycles. The van der Waals surface area contributed by atoms with Gasteiger partial charge in [0.1, 0.15) is 42.2 Å². The van der Waals surface area contributed by atoms with Crippen molar-refractivity contribution in [3.63, 3.8) is 0 Å². The fourth-order valence-electron chi connectivity index (χ4n) is 3.60. The second-order valence-electron chi connectivity index (χ2n) is 6.62. The second-order valence-corrected chi connectivity index (χ2v) is 6.62. The number of amides is 1. The number of hydrogen-bond acceptors (Lipinski definition) is 7. The number of aliphatic hydroxyl groups excluding tert-OH is 1. The number of nitrogens with one attached hydrogen (secondary N) is 1. The molecule has 1 aromatic carbocycles. The Hall–Kier alpha value is -3.32. The summed E-state index contributed by atoms with van der Waals surface area (Å²) in [5.41, 5.74) is 1.24. The Morgan fingerprint density at radius 1 is 1.25 bits per heavy atom. The van der Waals surface area contributed by atoms with Gasteiger partial charge in [0.25, 0.3) is 5.91 Å². The van der Waals surface area contributed by atoms with E-state index in [-0.39, 0.29) is 30.5 Å². The highest BCUT2D eigenvalue weighted by Gasteiger charge is 2.58. The summed E-state index contributed by atoms with van der Waals surface area (Å²) in [6.07, 6.45) is 1.68. The number of fused-ring (bicyclic) bond motifs is 2. The zero-order chi connectivity index (χ0) is 19.3. The van der Waals surface area contributed by atoms with Crippen LogP contribution in [0.5, 0.6) is 0 Å². The lowest BCUT2D eigenvalue weighted by Gasteiger charge is -2.18. The van der Waals surface area contributed by atoms with Crippen LogP contribution in [0.15, 0.2) is 42.9 Å². The lowest BCUT2D eigenvalue weighted by Crippen LogP contribution is -2.22. The van der Waals surface area contributed by atoms with Crippen LogP contribution in [-0.4, -0.2) is 50.5 Å². The Bertz CT molecular complexity index is 1110. The number of hydrogen-bond donors (Lipinski definition) is 2. The predicted molar refractivity (Wildman–Crippen MR) is 96.3 cm³/mol. The van der Waals surface area contributed by atoms with Gasteiger partial charge in [-0.1, -0.05) is 18.2 Å². The average Bonchev–Trinajstić information content (AvgIpc) is 3.30. The predicted octanol–water partition coefficient (Wildman–Crippen LogP) is 1.21. The zero-order valence-corrected chi connectivity index (χ0v) is 14.5. The highest BCUT2D eigenvalue weighted by molar-refractivity contribution is 6.08. The fraction of sp³-hybridized carbons (Fsp3) is 0.263. The Labute approximate surface area is 159 Å². The summed E-state index contributed by atoms with van der Waals surface area (Å²) in [5, 5.41) is 22.2. The van der Waals surface area contributed by atoms with E-state index in [4.69, 9.17) is 9.47 Å². The van der Waals surface area contributed by atoms with Crippen LogP contribution in [0.2, 0.25) is 0 Å². The topological polar surface area (TPSA) is 126 Å². The minimum atomic E-state index is -0.501. The van der Waals surface area contributed by atoms with E-state index in [1.165, 1.54) is 6.33 Å². The van der Waals surface area contributed by atoms with E-state index in [1.807, 2.05) is 6.07 Å². The van der Waals surface area contributed by atoms with Gasteiger partial charge in [-0.15, -0.1) is 0 Å². The van der Waals surface area contributed by atoms with Crippen molar-refractivity contribution in [2.45, 2.75) is 24.5 Å². The molecule has 5 rings (SSSR count). The van der Waals surface area contributed by atoms with Gasteiger partial charge in [0.2, 0.25) is 0 Å². The monoisotopic (exact) mass is 377 g/mol. The third kappa shape index (κ3) is 2.55. The minimum Gasteiger partial charge on any atom is -0.394 e. The molecule has 4 atom stereocenters. The third-order valence-corrected chi connectivity index (χ3v) is 4.97. The lowest BCUT2D eigenvalue weighted by atomic mass is 10.2. The first-order valence-electron chi connectivity index (χ1n) is 8.75. The molecule has 3 aromatic rings. The van der Waals surface area contributed by atoms with Crippen LogP contribution in [0, 0.1) is 11.3 Å². The first-order valence-corrected chi connectivity index (χ1v) is 8.75. The van der Waals surface area contributed by atoms with Crippen LogP contribution in [-0.2, 0) is 9.47 Å². The molecule has 0 bridgehead atoms. The Balaban J connectivity index is 1.55. The number of nitriles is 1. The first kappa shape index (κ1) is 16.8. The Kier molecular flexibility index (Phi) is 3.84. The van der Waals surface area contributed by atoms with Gasteiger partial charge < -0.3 is 24.5 Å². The van der Waals surface area contributed by atoms with Gasteiger partial charge in [0.15, 0.2) is 6.23 Å². The molecule has 0 aliphatic carbocycles. The average molecular weight is 377 g/mol. The molecule has 0 radical (unpaired) electrons. The summed E-state index contributed by atoms with van der Waals surface area (Å²) >= 11 is 0. The van der Waals surface area contributed by atoms with Crippen LogP contribution >= 0.6 is 0 Å². The van der Waals surface area contributed by atoms with Crippen molar-refractivity contribution in [2.24, 2.45) is 0 Å². The molecular weight excluding hydrogens is 362 g/mol. The molecule has 2 aliphatic rings. The molecule has 28 heavy (non-hydrogen) atoms. The van der Waals surface area contributed by atoms with Crippen LogP contribution < -0.4 is 5.32 Å². The number of epoxide rings is 1. The van der Waals surface area contributed by atoms with Gasteiger partial charge in [0, 0.05) is 11.8 Å². The van der Waals surface area contributed by atoms with Crippen LogP contribution in [0.3, 0.4) is 0 Å². The maximum Gasteiger partial charge on any atom is 0.256 e. The number of nitrogens with zero attached hydrogens (tertiary/aromatic N) is 4.